The first kappa shape index (κ1) is 41.2. The van der Waals surface area contributed by atoms with E-state index in [0.717, 1.165) is 22.3 Å². The van der Waals surface area contributed by atoms with Crippen LogP contribution in [0.5, 0.6) is 34.5 Å². The Hall–Kier alpha value is -7.55. The van der Waals surface area contributed by atoms with E-state index in [9.17, 15) is 18.4 Å². The van der Waals surface area contributed by atoms with Crippen molar-refractivity contribution in [2.75, 3.05) is 0 Å². The maximum atomic E-state index is 13.7. The number of benzene rings is 8. The van der Waals surface area contributed by atoms with Crippen LogP contribution < -0.4 is 27.1 Å². The molecular weight excluding hydrogens is 901 g/mol. The van der Waals surface area contributed by atoms with Crippen molar-refractivity contribution >= 4 is 34.5 Å². The highest BCUT2D eigenvalue weighted by Gasteiger charge is 2.50. The summed E-state index contributed by atoms with van der Waals surface area (Å²) in [6.07, 6.45) is 0. The van der Waals surface area contributed by atoms with Crippen LogP contribution in [0.4, 0.5) is 8.78 Å². The summed E-state index contributed by atoms with van der Waals surface area (Å²) in [4.78, 5) is 27.0. The Morgan fingerprint density at radius 2 is 0.652 bits per heavy atom. The van der Waals surface area contributed by atoms with E-state index in [2.05, 4.69) is 0 Å². The van der Waals surface area contributed by atoms with Gasteiger partial charge < -0.3 is 27.1 Å². The summed E-state index contributed by atoms with van der Waals surface area (Å²) in [5.74, 6) is 0.380. The fourth-order valence-corrected chi connectivity index (χ4v) is 16.6. The van der Waals surface area contributed by atoms with Gasteiger partial charge in [-0.3, -0.25) is 9.59 Å². The maximum absolute atomic E-state index is 13.7. The number of ketones is 2. The summed E-state index contributed by atoms with van der Waals surface area (Å²) < 4.78 is 84.8. The van der Waals surface area contributed by atoms with E-state index in [1.165, 1.54) is 48.5 Å². The lowest BCUT2D eigenvalue weighted by atomic mass is 10.0. The predicted octanol–water partition coefficient (Wildman–Crippen LogP) is 15.0. The van der Waals surface area contributed by atoms with Gasteiger partial charge >= 0.3 is 23.0 Å². The van der Waals surface area contributed by atoms with Crippen LogP contribution in [0.15, 0.2) is 208 Å². The molecule has 0 amide bonds. The second kappa shape index (κ2) is 16.5. The number of para-hydroxylation sites is 4. The minimum absolute atomic E-state index is 0.180. The molecule has 3 aliphatic rings. The fourth-order valence-electron chi connectivity index (χ4n) is 7.49. The Bertz CT molecular complexity index is 3110. The Morgan fingerprint density at radius 1 is 0.364 bits per heavy atom. The third-order valence-corrected chi connectivity index (χ3v) is 18.6. The van der Waals surface area contributed by atoms with E-state index in [0.29, 0.717) is 45.3 Å². The van der Waals surface area contributed by atoms with Crippen molar-refractivity contribution in [1.82, 2.24) is 0 Å². The summed E-state index contributed by atoms with van der Waals surface area (Å²) in [6.45, 7) is 0. The molecule has 0 N–H and O–H groups in total. The molecule has 3 aliphatic heterocycles. The molecule has 0 unspecified atom stereocenters. The lowest BCUT2D eigenvalue weighted by Gasteiger charge is -2.32. The van der Waals surface area contributed by atoms with E-state index >= 15 is 0 Å². The molecule has 0 aromatic heterocycles. The molecule has 0 fully saturated rings. The monoisotopic (exact) mass is 933 g/mol. The molecule has 66 heavy (non-hydrogen) atoms. The Morgan fingerprint density at radius 3 is 0.985 bits per heavy atom. The third kappa shape index (κ3) is 7.88. The summed E-state index contributed by atoms with van der Waals surface area (Å²) in [5.41, 5.74) is 4.07. The van der Waals surface area contributed by atoms with Crippen LogP contribution in [0.25, 0.3) is 22.3 Å². The number of nitrogens with zero attached hydrogens (tertiary/aromatic N) is 3. The Labute approximate surface area is 377 Å². The first-order valence-corrected chi connectivity index (χ1v) is 25.0. The topological polar surface area (TPSA) is 127 Å². The highest BCUT2D eigenvalue weighted by molar-refractivity contribution is 7.79. The van der Waals surface area contributed by atoms with Gasteiger partial charge in [-0.1, -0.05) is 86.3 Å². The molecule has 0 atom stereocenters. The van der Waals surface area contributed by atoms with Crippen LogP contribution in [-0.2, 0) is 0 Å². The molecule has 324 valence electrons. The van der Waals surface area contributed by atoms with Crippen molar-refractivity contribution in [1.29, 1.82) is 0 Å². The van der Waals surface area contributed by atoms with Crippen LogP contribution in [0.2, 0.25) is 0 Å². The van der Waals surface area contributed by atoms with Crippen molar-refractivity contribution < 1.29 is 45.5 Å². The zero-order chi connectivity index (χ0) is 44.9. The molecule has 11 nitrogen and oxygen atoms in total. The van der Waals surface area contributed by atoms with Crippen molar-refractivity contribution in [3.8, 4) is 56.8 Å². The number of halogens is 2. The normalized spacial score (nSPS) is 15.2. The number of fused-ring (bicyclic) bond motifs is 6. The van der Waals surface area contributed by atoms with Crippen molar-refractivity contribution in [2.45, 2.75) is 0 Å². The fraction of sp³-hybridized carbons (Fsp3) is 0. The average molecular weight is 934 g/mol. The molecule has 16 heteroatoms. The third-order valence-electron chi connectivity index (χ3n) is 10.6. The van der Waals surface area contributed by atoms with Gasteiger partial charge in [0.1, 0.15) is 46.1 Å². The minimum atomic E-state index is -4.29. The molecule has 0 aliphatic carbocycles. The molecule has 8 aromatic carbocycles. The SMILES string of the molecule is O=C(c1ccc(F)cc1)c1ccc(OP2(Oc3ccc(C(=O)c4ccc(F)cc4)cc3)=NP3(=NP4(=N2)Oc2ccccc2-c2ccccc2O4)Oc2ccccc2-c2ccccc2O3)cc1. The lowest BCUT2D eigenvalue weighted by Crippen LogP contribution is -2.10. The summed E-state index contributed by atoms with van der Waals surface area (Å²) in [6, 6.07) is 52.7. The van der Waals surface area contributed by atoms with Gasteiger partial charge in [0.2, 0.25) is 0 Å². The lowest BCUT2D eigenvalue weighted by molar-refractivity contribution is 0.103. The van der Waals surface area contributed by atoms with Crippen LogP contribution in [0.3, 0.4) is 0 Å². The van der Waals surface area contributed by atoms with Gasteiger partial charge in [0, 0.05) is 44.5 Å². The number of carbonyl (C=O) groups is 2. The Kier molecular flexibility index (Phi) is 10.3. The van der Waals surface area contributed by atoms with Gasteiger partial charge in [-0.25, -0.2) is 8.78 Å². The maximum Gasteiger partial charge on any atom is 0.460 e. The van der Waals surface area contributed by atoms with Gasteiger partial charge in [0.25, 0.3) is 0 Å². The summed E-state index contributed by atoms with van der Waals surface area (Å²) >= 11 is 0. The second-order valence-electron chi connectivity index (χ2n) is 15.0. The Balaban J connectivity index is 1.12. The quantitative estimate of drug-likeness (QED) is 0.109. The summed E-state index contributed by atoms with van der Waals surface area (Å²) in [5, 5.41) is 0. The molecule has 2 spiro atoms. The second-order valence-corrected chi connectivity index (χ2v) is 21.2. The number of carbonyl (C=O) groups excluding carboxylic acids is 2. The number of rotatable bonds is 8. The molecule has 0 saturated heterocycles. The van der Waals surface area contributed by atoms with Gasteiger partial charge in [0.15, 0.2) is 11.6 Å². The number of hydrogen-bond donors (Lipinski definition) is 0. The van der Waals surface area contributed by atoms with E-state index < -0.39 is 34.6 Å². The van der Waals surface area contributed by atoms with Gasteiger partial charge in [-0.15, -0.1) is 0 Å². The number of hydrogen-bond acceptors (Lipinski definition) is 11. The van der Waals surface area contributed by atoms with Crippen LogP contribution in [0.1, 0.15) is 31.8 Å². The van der Waals surface area contributed by atoms with E-state index in [1.54, 1.807) is 72.8 Å². The molecular formula is C50H32F2N3O8P3. The van der Waals surface area contributed by atoms with Gasteiger partial charge in [-0.05, 0) is 121 Å². The van der Waals surface area contributed by atoms with Crippen molar-refractivity contribution in [3.05, 3.63) is 228 Å². The molecule has 0 saturated carbocycles. The summed E-state index contributed by atoms with van der Waals surface area (Å²) in [7, 11) is -12.5. The van der Waals surface area contributed by atoms with E-state index in [1.807, 2.05) is 72.8 Å². The van der Waals surface area contributed by atoms with Crippen LogP contribution >= 0.6 is 23.0 Å². The minimum Gasteiger partial charge on any atom is -0.413 e. The average Bonchev–Trinajstić information content (AvgIpc) is 3.54. The highest BCUT2D eigenvalue weighted by atomic mass is 31.3. The van der Waals surface area contributed by atoms with Gasteiger partial charge in [0.05, 0.1) is 0 Å². The smallest absolute Gasteiger partial charge is 0.413 e. The molecule has 8 aromatic rings. The van der Waals surface area contributed by atoms with E-state index in [-0.39, 0.29) is 23.1 Å². The zero-order valence-electron chi connectivity index (χ0n) is 34.2. The van der Waals surface area contributed by atoms with Crippen LogP contribution in [0, 0.1) is 11.6 Å². The molecule has 3 heterocycles. The highest BCUT2D eigenvalue weighted by Crippen LogP contribution is 2.80. The zero-order valence-corrected chi connectivity index (χ0v) is 36.9. The molecule has 11 rings (SSSR count). The standard InChI is InChI=1S/C50H32F2N3O8P3/c51-37-25-17-33(18-26-37)49(56)35-21-29-39(30-22-35)58-64(59-40-31-23-36(24-32-40)50(57)34-19-27-38(52)28-20-34)53-65(60-45-13-5-1-9-41(45)42-10-2-6-14-46(42)61-65)55-66(54-64)62-47-15-7-3-11-43(47)44-12-4-8-16-48(44)63-66/h1-32H. The first-order valence-electron chi connectivity index (χ1n) is 20.4. The molecule has 0 bridgehead atoms. The van der Waals surface area contributed by atoms with Crippen molar-refractivity contribution in [2.24, 2.45) is 13.5 Å². The van der Waals surface area contributed by atoms with Crippen molar-refractivity contribution in [3.63, 3.8) is 0 Å². The first-order chi connectivity index (χ1) is 32.1. The van der Waals surface area contributed by atoms with Crippen LogP contribution in [-0.4, -0.2) is 11.6 Å². The largest absolute Gasteiger partial charge is 0.460 e. The molecule has 0 radical (unpaired) electrons. The van der Waals surface area contributed by atoms with Gasteiger partial charge in [-0.2, -0.15) is 0 Å². The van der Waals surface area contributed by atoms with E-state index in [4.69, 9.17) is 40.7 Å². The predicted molar refractivity (Wildman–Crippen MR) is 248 cm³/mol.